The number of nitrogens with zero attached hydrogens (tertiary/aromatic N) is 4. The molecule has 3 aromatic heterocycles. The summed E-state index contributed by atoms with van der Waals surface area (Å²) in [5.41, 5.74) is 2.11. The highest BCUT2D eigenvalue weighted by molar-refractivity contribution is 5.82. The van der Waals surface area contributed by atoms with E-state index in [0.717, 1.165) is 24.1 Å². The fourth-order valence-corrected chi connectivity index (χ4v) is 2.55. The van der Waals surface area contributed by atoms with Crippen molar-refractivity contribution in [3.8, 4) is 17.1 Å². The van der Waals surface area contributed by atoms with Crippen molar-refractivity contribution in [2.24, 2.45) is 7.05 Å². The van der Waals surface area contributed by atoms with Gasteiger partial charge >= 0.3 is 0 Å². The van der Waals surface area contributed by atoms with Gasteiger partial charge in [0.05, 0.1) is 23.7 Å². The van der Waals surface area contributed by atoms with Gasteiger partial charge in [-0.2, -0.15) is 0 Å². The maximum absolute atomic E-state index is 12.5. The van der Waals surface area contributed by atoms with Crippen molar-refractivity contribution >= 4 is 16.9 Å². The molecule has 0 bridgehead atoms. The number of hydrogen-bond donors (Lipinski definition) is 1. The van der Waals surface area contributed by atoms with Crippen LogP contribution in [0, 0.1) is 0 Å². The number of fused-ring (bicyclic) bond motifs is 1. The second-order valence-corrected chi connectivity index (χ2v) is 5.89. The fourth-order valence-electron chi connectivity index (χ4n) is 2.55. The Kier molecular flexibility index (Phi) is 3.41. The molecule has 0 spiro atoms. The highest BCUT2D eigenvalue weighted by atomic mass is 16.5. The molecule has 7 nitrogen and oxygen atoms in total. The second-order valence-electron chi connectivity index (χ2n) is 5.89. The molecule has 0 amide bonds. The third kappa shape index (κ3) is 2.58. The molecular formula is C17H17N5O2. The molecule has 1 N–H and O–H groups in total. The van der Waals surface area contributed by atoms with E-state index >= 15 is 0 Å². The van der Waals surface area contributed by atoms with Crippen LogP contribution in [0.5, 0.6) is 5.88 Å². The maximum atomic E-state index is 12.5. The lowest BCUT2D eigenvalue weighted by Crippen LogP contribution is -2.23. The molecule has 0 aliphatic heterocycles. The molecule has 1 saturated carbocycles. The van der Waals surface area contributed by atoms with E-state index in [9.17, 15) is 4.79 Å². The molecule has 1 aliphatic carbocycles. The predicted octanol–water partition coefficient (Wildman–Crippen LogP) is 1.97. The first-order chi connectivity index (χ1) is 11.7. The SMILES string of the molecule is COc1cc(-c2cc3nc(NC4CC4)n(C)c(=O)c3cn2)ccn1. The summed E-state index contributed by atoms with van der Waals surface area (Å²) < 4.78 is 6.69. The molecule has 122 valence electrons. The largest absolute Gasteiger partial charge is 0.481 e. The van der Waals surface area contributed by atoms with Crippen LogP contribution < -0.4 is 15.6 Å². The van der Waals surface area contributed by atoms with Crippen molar-refractivity contribution in [1.29, 1.82) is 0 Å². The number of aromatic nitrogens is 4. The smallest absolute Gasteiger partial charge is 0.264 e. The summed E-state index contributed by atoms with van der Waals surface area (Å²) in [6.07, 6.45) is 5.48. The summed E-state index contributed by atoms with van der Waals surface area (Å²) >= 11 is 0. The lowest BCUT2D eigenvalue weighted by molar-refractivity contribution is 0.398. The zero-order valence-electron chi connectivity index (χ0n) is 13.5. The third-order valence-electron chi connectivity index (χ3n) is 4.11. The summed E-state index contributed by atoms with van der Waals surface area (Å²) in [6.45, 7) is 0. The van der Waals surface area contributed by atoms with E-state index in [0.29, 0.717) is 28.8 Å². The molecule has 0 saturated heterocycles. The van der Waals surface area contributed by atoms with Crippen LogP contribution in [0.15, 0.2) is 35.4 Å². The van der Waals surface area contributed by atoms with Crippen LogP contribution >= 0.6 is 0 Å². The highest BCUT2D eigenvalue weighted by Gasteiger charge is 2.23. The molecule has 0 radical (unpaired) electrons. The third-order valence-corrected chi connectivity index (χ3v) is 4.11. The standard InChI is InChI=1S/C17H17N5O2/c1-22-16(23)12-9-19-13(10-5-6-18-15(7-10)24-2)8-14(12)21-17(22)20-11-3-4-11/h5-9,11H,3-4H2,1-2H3,(H,20,21). The van der Waals surface area contributed by atoms with Gasteiger partial charge in [-0.15, -0.1) is 0 Å². The molecule has 3 heterocycles. The minimum atomic E-state index is -0.102. The lowest BCUT2D eigenvalue weighted by atomic mass is 10.1. The molecule has 0 atom stereocenters. The minimum Gasteiger partial charge on any atom is -0.481 e. The molecule has 3 aromatic rings. The molecule has 4 rings (SSSR count). The molecule has 1 fully saturated rings. The topological polar surface area (TPSA) is 81.9 Å². The van der Waals surface area contributed by atoms with E-state index < -0.39 is 0 Å². The van der Waals surface area contributed by atoms with Gasteiger partial charge in [0.15, 0.2) is 0 Å². The van der Waals surface area contributed by atoms with Crippen molar-refractivity contribution in [3.63, 3.8) is 0 Å². The normalized spacial score (nSPS) is 13.9. The van der Waals surface area contributed by atoms with E-state index in [2.05, 4.69) is 20.3 Å². The Balaban J connectivity index is 1.84. The van der Waals surface area contributed by atoms with Crippen molar-refractivity contribution in [2.45, 2.75) is 18.9 Å². The summed E-state index contributed by atoms with van der Waals surface area (Å²) in [7, 11) is 3.29. The van der Waals surface area contributed by atoms with Crippen LogP contribution in [0.1, 0.15) is 12.8 Å². The molecule has 1 aliphatic rings. The molecule has 0 aromatic carbocycles. The Morgan fingerprint density at radius 1 is 1.29 bits per heavy atom. The van der Waals surface area contributed by atoms with Crippen LogP contribution in [0.2, 0.25) is 0 Å². The van der Waals surface area contributed by atoms with E-state index in [4.69, 9.17) is 4.74 Å². The van der Waals surface area contributed by atoms with Gasteiger partial charge < -0.3 is 10.1 Å². The van der Waals surface area contributed by atoms with Gasteiger partial charge in [0, 0.05) is 37.1 Å². The van der Waals surface area contributed by atoms with Crippen LogP contribution in [0.25, 0.3) is 22.2 Å². The fraction of sp³-hybridized carbons (Fsp3) is 0.294. The Morgan fingerprint density at radius 2 is 2.12 bits per heavy atom. The average molecular weight is 323 g/mol. The van der Waals surface area contributed by atoms with Crippen LogP contribution in [-0.2, 0) is 7.05 Å². The minimum absolute atomic E-state index is 0.102. The van der Waals surface area contributed by atoms with Crippen molar-refractivity contribution in [2.75, 3.05) is 12.4 Å². The Morgan fingerprint density at radius 3 is 2.88 bits per heavy atom. The van der Waals surface area contributed by atoms with Gasteiger partial charge in [-0.05, 0) is 25.0 Å². The van der Waals surface area contributed by atoms with Crippen LogP contribution in [0.4, 0.5) is 5.95 Å². The van der Waals surface area contributed by atoms with Gasteiger partial charge in [0.2, 0.25) is 11.8 Å². The monoisotopic (exact) mass is 323 g/mol. The van der Waals surface area contributed by atoms with Crippen LogP contribution in [0.3, 0.4) is 0 Å². The lowest BCUT2D eigenvalue weighted by Gasteiger charge is -2.11. The average Bonchev–Trinajstić information content (AvgIpc) is 3.43. The summed E-state index contributed by atoms with van der Waals surface area (Å²) in [4.78, 5) is 25.6. The summed E-state index contributed by atoms with van der Waals surface area (Å²) in [5.74, 6) is 1.11. The Bertz CT molecular complexity index is 978. The first-order valence-electron chi connectivity index (χ1n) is 7.79. The van der Waals surface area contributed by atoms with E-state index in [1.54, 1.807) is 32.6 Å². The van der Waals surface area contributed by atoms with Crippen molar-refractivity contribution in [3.05, 3.63) is 40.9 Å². The summed E-state index contributed by atoms with van der Waals surface area (Å²) in [6, 6.07) is 5.90. The van der Waals surface area contributed by atoms with E-state index in [1.165, 1.54) is 4.57 Å². The quantitative estimate of drug-likeness (QED) is 0.790. The number of nitrogens with one attached hydrogen (secondary N) is 1. The van der Waals surface area contributed by atoms with Gasteiger partial charge in [-0.25, -0.2) is 9.97 Å². The van der Waals surface area contributed by atoms with E-state index in [-0.39, 0.29) is 5.56 Å². The maximum Gasteiger partial charge on any atom is 0.264 e. The van der Waals surface area contributed by atoms with Crippen molar-refractivity contribution < 1.29 is 4.74 Å². The molecular weight excluding hydrogens is 306 g/mol. The van der Waals surface area contributed by atoms with Gasteiger partial charge in [-0.3, -0.25) is 14.3 Å². The molecule has 7 heteroatoms. The first-order valence-corrected chi connectivity index (χ1v) is 7.79. The van der Waals surface area contributed by atoms with E-state index in [1.807, 2.05) is 12.1 Å². The zero-order chi connectivity index (χ0) is 16.7. The van der Waals surface area contributed by atoms with Gasteiger partial charge in [0.25, 0.3) is 5.56 Å². The zero-order valence-corrected chi connectivity index (χ0v) is 13.5. The summed E-state index contributed by atoms with van der Waals surface area (Å²) in [5, 5.41) is 3.80. The number of rotatable bonds is 4. The molecule has 24 heavy (non-hydrogen) atoms. The highest BCUT2D eigenvalue weighted by Crippen LogP contribution is 2.25. The Hall–Kier alpha value is -2.96. The Labute approximate surface area is 138 Å². The van der Waals surface area contributed by atoms with Crippen LogP contribution in [-0.4, -0.2) is 32.7 Å². The number of methoxy groups -OCH3 is 1. The van der Waals surface area contributed by atoms with Gasteiger partial charge in [-0.1, -0.05) is 0 Å². The number of pyridine rings is 2. The van der Waals surface area contributed by atoms with Crippen molar-refractivity contribution in [1.82, 2.24) is 19.5 Å². The number of anilines is 1. The molecule has 0 unspecified atom stereocenters. The number of ether oxygens (including phenoxy) is 1. The van der Waals surface area contributed by atoms with Gasteiger partial charge in [0.1, 0.15) is 0 Å². The predicted molar refractivity (Wildman–Crippen MR) is 91.2 cm³/mol. The first kappa shape index (κ1) is 14.6. The second kappa shape index (κ2) is 5.59. The number of hydrogen-bond acceptors (Lipinski definition) is 6.